The largest absolute Gasteiger partial charge is 0.387 e. The lowest BCUT2D eigenvalue weighted by Crippen LogP contribution is -2.52. The first-order valence-corrected chi connectivity index (χ1v) is 6.26. The normalized spacial score (nSPS) is 25.8. The van der Waals surface area contributed by atoms with Gasteiger partial charge in [0.1, 0.15) is 0 Å². The maximum atomic E-state index is 10.6. The van der Waals surface area contributed by atoms with Crippen LogP contribution < -0.4 is 4.90 Å². The summed E-state index contributed by atoms with van der Waals surface area (Å²) in [6, 6.07) is 10.2. The molecule has 1 heterocycles. The van der Waals surface area contributed by atoms with E-state index in [0.29, 0.717) is 6.54 Å². The molecule has 0 saturated carbocycles. The predicted molar refractivity (Wildman–Crippen MR) is 71.4 cm³/mol. The molecule has 17 heavy (non-hydrogen) atoms. The smallest absolute Gasteiger partial charge is 0.0948 e. The van der Waals surface area contributed by atoms with Crippen molar-refractivity contribution in [2.24, 2.45) is 0 Å². The van der Waals surface area contributed by atoms with Crippen LogP contribution >= 0.6 is 0 Å². The van der Waals surface area contributed by atoms with Gasteiger partial charge in [0.05, 0.1) is 5.60 Å². The molecule has 1 unspecified atom stereocenters. The van der Waals surface area contributed by atoms with E-state index in [2.05, 4.69) is 29.0 Å². The van der Waals surface area contributed by atoms with Crippen LogP contribution in [0.1, 0.15) is 12.8 Å². The summed E-state index contributed by atoms with van der Waals surface area (Å²) in [7, 11) is 4.12. The fraction of sp³-hybridized carbons (Fsp3) is 0.571. The van der Waals surface area contributed by atoms with Crippen LogP contribution in [-0.4, -0.2) is 49.3 Å². The molecule has 1 saturated heterocycles. The number of anilines is 1. The summed E-state index contributed by atoms with van der Waals surface area (Å²) in [5.74, 6) is 0. The van der Waals surface area contributed by atoms with Crippen LogP contribution in [0.4, 0.5) is 5.69 Å². The highest BCUT2D eigenvalue weighted by molar-refractivity contribution is 5.45. The first-order valence-electron chi connectivity index (χ1n) is 6.26. The Morgan fingerprint density at radius 1 is 1.35 bits per heavy atom. The van der Waals surface area contributed by atoms with Gasteiger partial charge in [-0.3, -0.25) is 0 Å². The van der Waals surface area contributed by atoms with Gasteiger partial charge >= 0.3 is 0 Å². The zero-order valence-electron chi connectivity index (χ0n) is 10.8. The van der Waals surface area contributed by atoms with Crippen molar-refractivity contribution in [1.82, 2.24) is 4.90 Å². The van der Waals surface area contributed by atoms with Crippen LogP contribution in [0.5, 0.6) is 0 Å². The maximum Gasteiger partial charge on any atom is 0.0948 e. The summed E-state index contributed by atoms with van der Waals surface area (Å²) in [5.41, 5.74) is 0.589. The molecule has 0 spiro atoms. The van der Waals surface area contributed by atoms with Crippen LogP contribution in [0.15, 0.2) is 30.3 Å². The Hall–Kier alpha value is -1.06. The van der Waals surface area contributed by atoms with Crippen LogP contribution in [0.2, 0.25) is 0 Å². The highest BCUT2D eigenvalue weighted by Gasteiger charge is 2.32. The summed E-state index contributed by atoms with van der Waals surface area (Å²) >= 11 is 0. The van der Waals surface area contributed by atoms with E-state index in [1.165, 1.54) is 0 Å². The monoisotopic (exact) mass is 234 g/mol. The number of hydrogen-bond acceptors (Lipinski definition) is 3. The third kappa shape index (κ3) is 3.20. The summed E-state index contributed by atoms with van der Waals surface area (Å²) in [5, 5.41) is 10.6. The first kappa shape index (κ1) is 12.4. The van der Waals surface area contributed by atoms with Crippen molar-refractivity contribution >= 4 is 5.69 Å². The third-order valence-corrected chi connectivity index (χ3v) is 3.47. The molecule has 0 bridgehead atoms. The molecule has 1 aromatic carbocycles. The molecule has 1 aliphatic heterocycles. The number of para-hydroxylation sites is 1. The Kier molecular flexibility index (Phi) is 3.69. The molecule has 1 fully saturated rings. The molecule has 3 heteroatoms. The fourth-order valence-corrected chi connectivity index (χ4v) is 2.68. The van der Waals surface area contributed by atoms with Gasteiger partial charge in [-0.05, 0) is 38.6 Å². The first-order chi connectivity index (χ1) is 8.09. The molecule has 0 amide bonds. The second kappa shape index (κ2) is 5.07. The number of β-amino-alcohol motifs (C(OH)–C–C–N with tert-alkyl or cyclic N) is 1. The van der Waals surface area contributed by atoms with Crippen molar-refractivity contribution < 1.29 is 5.11 Å². The maximum absolute atomic E-state index is 10.6. The standard InChI is InChI=1S/C14H22N2O/c1-15-10-6-9-14(17,11-15)12-16(2)13-7-4-3-5-8-13/h3-5,7-8,17H,6,9-12H2,1-2H3. The van der Waals surface area contributed by atoms with E-state index in [9.17, 15) is 5.11 Å². The van der Waals surface area contributed by atoms with Gasteiger partial charge in [0.25, 0.3) is 0 Å². The molecule has 1 atom stereocenters. The molecule has 1 aliphatic rings. The SMILES string of the molecule is CN1CCCC(O)(CN(C)c2ccccc2)C1. The summed E-state index contributed by atoms with van der Waals surface area (Å²) in [6.07, 6.45) is 1.98. The van der Waals surface area contributed by atoms with Gasteiger partial charge in [-0.2, -0.15) is 0 Å². The van der Waals surface area contributed by atoms with Crippen molar-refractivity contribution in [1.29, 1.82) is 0 Å². The van der Waals surface area contributed by atoms with Crippen molar-refractivity contribution in [2.75, 3.05) is 38.6 Å². The second-order valence-electron chi connectivity index (χ2n) is 5.26. The van der Waals surface area contributed by atoms with Crippen LogP contribution in [-0.2, 0) is 0 Å². The highest BCUT2D eigenvalue weighted by Crippen LogP contribution is 2.23. The molecule has 94 valence electrons. The van der Waals surface area contributed by atoms with Gasteiger partial charge in [0.15, 0.2) is 0 Å². The van der Waals surface area contributed by atoms with Crippen molar-refractivity contribution in [3.8, 4) is 0 Å². The van der Waals surface area contributed by atoms with Crippen molar-refractivity contribution in [3.05, 3.63) is 30.3 Å². The molecule has 1 N–H and O–H groups in total. The molecular formula is C14H22N2O. The topological polar surface area (TPSA) is 26.7 Å². The summed E-state index contributed by atoms with van der Waals surface area (Å²) in [6.45, 7) is 2.56. The summed E-state index contributed by atoms with van der Waals surface area (Å²) in [4.78, 5) is 4.35. The Labute approximate surface area is 104 Å². The summed E-state index contributed by atoms with van der Waals surface area (Å²) < 4.78 is 0. The quantitative estimate of drug-likeness (QED) is 0.860. The number of likely N-dealkylation sites (N-methyl/N-ethyl adjacent to an activating group) is 2. The van der Waals surface area contributed by atoms with E-state index >= 15 is 0 Å². The van der Waals surface area contributed by atoms with Gasteiger partial charge in [-0.1, -0.05) is 18.2 Å². The zero-order chi connectivity index (χ0) is 12.3. The van der Waals surface area contributed by atoms with Crippen molar-refractivity contribution in [2.45, 2.75) is 18.4 Å². The molecule has 0 radical (unpaired) electrons. The van der Waals surface area contributed by atoms with Crippen LogP contribution in [0.3, 0.4) is 0 Å². The van der Waals surface area contributed by atoms with Gasteiger partial charge in [0, 0.05) is 25.8 Å². The van der Waals surface area contributed by atoms with Crippen molar-refractivity contribution in [3.63, 3.8) is 0 Å². The van der Waals surface area contributed by atoms with Gasteiger partial charge in [-0.15, -0.1) is 0 Å². The molecule has 3 nitrogen and oxygen atoms in total. The highest BCUT2D eigenvalue weighted by atomic mass is 16.3. The lowest BCUT2D eigenvalue weighted by Gasteiger charge is -2.40. The number of rotatable bonds is 3. The third-order valence-electron chi connectivity index (χ3n) is 3.47. The van der Waals surface area contributed by atoms with Gasteiger partial charge in [0.2, 0.25) is 0 Å². The number of hydrogen-bond donors (Lipinski definition) is 1. The molecule has 1 aromatic rings. The second-order valence-corrected chi connectivity index (χ2v) is 5.26. The van der Waals surface area contributed by atoms with E-state index < -0.39 is 5.60 Å². The van der Waals surface area contributed by atoms with E-state index in [-0.39, 0.29) is 0 Å². The molecule has 2 rings (SSSR count). The number of benzene rings is 1. The molecule has 0 aliphatic carbocycles. The Morgan fingerprint density at radius 3 is 2.71 bits per heavy atom. The fourth-order valence-electron chi connectivity index (χ4n) is 2.68. The van der Waals surface area contributed by atoms with Gasteiger partial charge < -0.3 is 14.9 Å². The van der Waals surface area contributed by atoms with E-state index in [4.69, 9.17) is 0 Å². The van der Waals surface area contributed by atoms with Gasteiger partial charge in [-0.25, -0.2) is 0 Å². The predicted octanol–water partition coefficient (Wildman–Crippen LogP) is 1.58. The number of aliphatic hydroxyl groups is 1. The van der Waals surface area contributed by atoms with E-state index in [1.807, 2.05) is 25.2 Å². The zero-order valence-corrected chi connectivity index (χ0v) is 10.8. The average Bonchev–Trinajstić information content (AvgIpc) is 2.29. The Balaban J connectivity index is 2.00. The number of nitrogens with zero attached hydrogens (tertiary/aromatic N) is 2. The molecular weight excluding hydrogens is 212 g/mol. The Morgan fingerprint density at radius 2 is 2.06 bits per heavy atom. The minimum Gasteiger partial charge on any atom is -0.387 e. The van der Waals surface area contributed by atoms with E-state index in [1.54, 1.807) is 0 Å². The van der Waals surface area contributed by atoms with E-state index in [0.717, 1.165) is 31.6 Å². The number of likely N-dealkylation sites (tertiary alicyclic amines) is 1. The lowest BCUT2D eigenvalue weighted by atomic mass is 9.92. The Bertz CT molecular complexity index is 354. The average molecular weight is 234 g/mol. The number of piperidine rings is 1. The van der Waals surface area contributed by atoms with Crippen LogP contribution in [0, 0.1) is 0 Å². The minimum absolute atomic E-state index is 0.572. The minimum atomic E-state index is -0.572. The molecule has 0 aromatic heterocycles. The van der Waals surface area contributed by atoms with Crippen LogP contribution in [0.25, 0.3) is 0 Å². The lowest BCUT2D eigenvalue weighted by molar-refractivity contribution is -0.0157.